The first-order valence-corrected chi connectivity index (χ1v) is 60.1. The number of carbonyl (C=O) groups excluding carboxylic acids is 3. The molecule has 137 heavy (non-hydrogen) atoms. The molecule has 9 aliphatic rings. The van der Waals surface area contributed by atoms with E-state index in [0.29, 0.717) is 93.3 Å². The topological polar surface area (TPSA) is 206 Å². The minimum atomic E-state index is -3.01. The molecule has 9 aliphatic heterocycles. The zero-order valence-electron chi connectivity index (χ0n) is 95.0. The van der Waals surface area contributed by atoms with Crippen LogP contribution in [0.2, 0.25) is 5.02 Å². The van der Waals surface area contributed by atoms with Crippen molar-refractivity contribution in [3.05, 3.63) is 50.2 Å². The van der Waals surface area contributed by atoms with Crippen LogP contribution in [0.5, 0.6) is 5.75 Å². The van der Waals surface area contributed by atoms with Gasteiger partial charge < -0.3 is 30.1 Å². The number of thiophene rings is 1. The number of halogens is 1. The number of rotatable bonds is 13. The van der Waals surface area contributed by atoms with Crippen molar-refractivity contribution in [3.63, 3.8) is 0 Å². The maximum atomic E-state index is 11.6. The number of aryl methyl sites for hydroxylation is 2. The average Bonchev–Trinajstić information content (AvgIpc) is 1.63. The Balaban J connectivity index is 0.000000762. The van der Waals surface area contributed by atoms with Crippen molar-refractivity contribution in [3.8, 4) is 5.75 Å². The molecular formula is C114H219ClN8O10S4. The zero-order chi connectivity index (χ0) is 104. The molecule has 1 aromatic heterocycles. The minimum absolute atomic E-state index is 0. The van der Waals surface area contributed by atoms with Crippen molar-refractivity contribution in [2.45, 2.75) is 460 Å². The Morgan fingerprint density at radius 1 is 0.401 bits per heavy atom. The third kappa shape index (κ3) is 65.3. The van der Waals surface area contributed by atoms with Crippen molar-refractivity contribution >= 4 is 70.7 Å². The first-order chi connectivity index (χ1) is 61.8. The van der Waals surface area contributed by atoms with Gasteiger partial charge in [0, 0.05) is 119 Å². The van der Waals surface area contributed by atoms with E-state index in [0.717, 1.165) is 152 Å². The van der Waals surface area contributed by atoms with Gasteiger partial charge in [-0.25, -0.2) is 33.9 Å². The van der Waals surface area contributed by atoms with Gasteiger partial charge >= 0.3 is 0 Å². The van der Waals surface area contributed by atoms with Crippen LogP contribution in [0, 0.1) is 90.7 Å². The highest BCUT2D eigenvalue weighted by Gasteiger charge is 2.36. The van der Waals surface area contributed by atoms with Crippen molar-refractivity contribution in [2.75, 3.05) is 110 Å². The van der Waals surface area contributed by atoms with Gasteiger partial charge in [-0.1, -0.05) is 240 Å². The molecule has 0 aliphatic carbocycles. The molecule has 6 unspecified atom stereocenters. The largest absolute Gasteiger partial charge is 0.493 e. The predicted octanol–water partition coefficient (Wildman–Crippen LogP) is 28.1. The van der Waals surface area contributed by atoms with Gasteiger partial charge in [-0.05, 0) is 332 Å². The van der Waals surface area contributed by atoms with Crippen LogP contribution in [0.4, 0.5) is 0 Å². The lowest BCUT2D eigenvalue weighted by Gasteiger charge is -2.38. The zero-order valence-corrected chi connectivity index (χ0v) is 99.0. The third-order valence-electron chi connectivity index (χ3n) is 26.2. The number of amides is 3. The second-order valence-corrected chi connectivity index (χ2v) is 62.2. The highest BCUT2D eigenvalue weighted by Crippen LogP contribution is 2.40. The number of carbonyl (C=O) groups is 3. The fourth-order valence-electron chi connectivity index (χ4n) is 21.2. The molecule has 11 rings (SSSR count). The number of ether oxygens (including phenoxy) is 1. The Morgan fingerprint density at radius 3 is 1.26 bits per heavy atom. The second kappa shape index (κ2) is 59.8. The number of hydrogen-bond donors (Lipinski definition) is 2. The molecule has 0 spiro atoms. The summed E-state index contributed by atoms with van der Waals surface area (Å²) in [4.78, 5) is 42.7. The maximum absolute atomic E-state index is 11.6. The van der Waals surface area contributed by atoms with Crippen molar-refractivity contribution in [1.29, 1.82) is 0 Å². The second-order valence-electron chi connectivity index (χ2n) is 54.5. The van der Waals surface area contributed by atoms with Gasteiger partial charge in [0.05, 0.1) is 25.4 Å². The van der Waals surface area contributed by atoms with Gasteiger partial charge in [-0.2, -0.15) is 4.31 Å². The standard InChI is InChI=1S/C14H19ClO.3C12H23NO.3C11H23NO2S.2C10H21N.C10H16S.CH4/c1-14(2,3)9-11-8-12(15)7-10-5-4-6-16-13(10)11;1-10(14)13-7-5-11(6-8-13)9-12(2,3)4;1-10(14)13-7-5-6-11(9-13)8-12(2,3)4;1-10(14)13-8-6-5-7-11(13)9-12(2,3)4;1-11(2,3)9-10-5-7-12(8-6-10)15(4,13)14;1-11(2,3)8-10-6-5-7-12(9-10)15(4,13)14;1-11(2,3)9-10-7-5-6-8-12(10)15(4,13)14;1-10(2,3)7-9-5-4-6-11-8-9;1-10(2,3)8-9-6-4-5-7-11-9;1-8-5-6-9(11-8)7-10(2,3)4;/h7-8H,4-6,9H2,1-3H3;3*11H,5-9H2,1-4H3;3*10H,5-9H2,1-4H3;2*9,11H,4-8H2,1-3H3;5-6H,7H2,1-4H3;1H4. The van der Waals surface area contributed by atoms with Crippen LogP contribution in [-0.2, 0) is 63.7 Å². The molecule has 0 bridgehead atoms. The molecule has 8 fully saturated rings. The van der Waals surface area contributed by atoms with Crippen LogP contribution in [0.15, 0.2) is 24.3 Å². The van der Waals surface area contributed by atoms with Crippen LogP contribution < -0.4 is 15.4 Å². The fraction of sp³-hybridized carbons (Fsp3) is 0.886. The van der Waals surface area contributed by atoms with E-state index in [1.807, 2.05) is 27.2 Å². The number of sulfonamides is 3. The van der Waals surface area contributed by atoms with Gasteiger partial charge in [0.25, 0.3) is 0 Å². The number of likely N-dealkylation sites (tertiary alicyclic amines) is 3. The summed E-state index contributed by atoms with van der Waals surface area (Å²) in [5, 5.41) is 7.87. The molecule has 2 aromatic rings. The molecule has 23 heteroatoms. The minimum Gasteiger partial charge on any atom is -0.493 e. The van der Waals surface area contributed by atoms with Gasteiger partial charge in [0.15, 0.2) is 0 Å². The number of hydrogen-bond acceptors (Lipinski definition) is 13. The molecule has 0 saturated carbocycles. The van der Waals surface area contributed by atoms with Crippen LogP contribution in [-0.4, -0.2) is 199 Å². The molecule has 10 heterocycles. The number of benzene rings is 1. The van der Waals surface area contributed by atoms with E-state index in [1.54, 1.807) is 33.7 Å². The normalized spacial score (nSPS) is 22.0. The number of fused-ring (bicyclic) bond motifs is 1. The average molecular weight is 2030 g/mol. The van der Waals surface area contributed by atoms with Crippen LogP contribution >= 0.6 is 22.9 Å². The molecule has 3 amide bonds. The summed E-state index contributed by atoms with van der Waals surface area (Å²) in [5.41, 5.74) is 6.25. The predicted molar refractivity (Wildman–Crippen MR) is 594 cm³/mol. The lowest BCUT2D eigenvalue weighted by atomic mass is 9.80. The Bertz CT molecular complexity index is 4020. The van der Waals surface area contributed by atoms with Gasteiger partial charge in [0.1, 0.15) is 5.75 Å². The molecule has 806 valence electrons. The molecule has 2 N–H and O–H groups in total. The summed E-state index contributed by atoms with van der Waals surface area (Å²) in [6.45, 7) is 88.1. The lowest BCUT2D eigenvalue weighted by Crippen LogP contribution is -2.44. The first kappa shape index (κ1) is 132. The maximum Gasteiger partial charge on any atom is 0.219 e. The van der Waals surface area contributed by atoms with E-state index in [4.69, 9.17) is 16.3 Å². The smallest absolute Gasteiger partial charge is 0.219 e. The highest BCUT2D eigenvalue weighted by molar-refractivity contribution is 7.88. The lowest BCUT2D eigenvalue weighted by molar-refractivity contribution is -0.133. The summed E-state index contributed by atoms with van der Waals surface area (Å²) in [5.74, 6) is 5.52. The molecule has 18 nitrogen and oxygen atoms in total. The van der Waals surface area contributed by atoms with E-state index in [1.165, 1.54) is 181 Å². The number of nitrogens with one attached hydrogen (secondary N) is 2. The Hall–Kier alpha value is -2.93. The van der Waals surface area contributed by atoms with E-state index in [9.17, 15) is 39.6 Å². The first-order valence-electron chi connectivity index (χ1n) is 53.4. The van der Waals surface area contributed by atoms with Crippen molar-refractivity contribution in [2.24, 2.45) is 83.7 Å². The summed E-state index contributed by atoms with van der Waals surface area (Å²) < 4.78 is 79.4. The third-order valence-corrected chi connectivity index (χ3v) is 31.3. The number of nitrogens with zero attached hydrogens (tertiary/aromatic N) is 6. The van der Waals surface area contributed by atoms with E-state index in [2.05, 4.69) is 248 Å². The monoisotopic (exact) mass is 2020 g/mol. The van der Waals surface area contributed by atoms with E-state index in [-0.39, 0.29) is 42.0 Å². The van der Waals surface area contributed by atoms with E-state index >= 15 is 0 Å². The van der Waals surface area contributed by atoms with Crippen LogP contribution in [0.3, 0.4) is 0 Å². The summed E-state index contributed by atoms with van der Waals surface area (Å²) in [6, 6.07) is 10.0. The van der Waals surface area contributed by atoms with E-state index < -0.39 is 30.1 Å². The molecule has 8 saturated heterocycles. The Kier molecular flexibility index (Phi) is 57.6. The van der Waals surface area contributed by atoms with Crippen molar-refractivity contribution in [1.82, 2.24) is 38.2 Å². The van der Waals surface area contributed by atoms with Gasteiger partial charge in [0.2, 0.25) is 47.8 Å². The van der Waals surface area contributed by atoms with Crippen LogP contribution in [0.1, 0.15) is 437 Å². The quantitative estimate of drug-likeness (QED) is 0.192. The molecule has 0 radical (unpaired) electrons. The molecule has 1 aromatic carbocycles. The molecular weight excluding hydrogens is 1810 g/mol. The van der Waals surface area contributed by atoms with Gasteiger partial charge in [-0.3, -0.25) is 14.4 Å². The molecule has 6 atom stereocenters. The van der Waals surface area contributed by atoms with Crippen molar-refractivity contribution < 1.29 is 44.4 Å². The van der Waals surface area contributed by atoms with Gasteiger partial charge in [-0.15, -0.1) is 11.3 Å². The highest BCUT2D eigenvalue weighted by atomic mass is 35.5. The van der Waals surface area contributed by atoms with Crippen LogP contribution in [0.25, 0.3) is 0 Å². The fourth-order valence-corrected chi connectivity index (χ4v) is 25.6. The summed E-state index contributed by atoms with van der Waals surface area (Å²) in [7, 11) is -8.95. The summed E-state index contributed by atoms with van der Waals surface area (Å²) in [6.07, 6.45) is 40.9. The Morgan fingerprint density at radius 2 is 0.839 bits per heavy atom. The number of piperidine rings is 8. The Labute approximate surface area is 857 Å². The SMILES string of the molecule is C.CC(=O)N1CCC(CC(C)(C)C)CC1.CC(=O)N1CCCC(CC(C)(C)C)C1.CC(=O)N1CCCCC1CC(C)(C)C.CC(C)(C)CC1CCCCN1.CC(C)(C)CC1CCCCN1S(C)(=O)=O.CC(C)(C)CC1CCCN(S(C)(=O)=O)C1.CC(C)(C)CC1CCCNC1.CC(C)(C)CC1CCN(S(C)(=O)=O)CC1.CC(C)(C)Cc1cc(Cl)cc2c1OCCC2.Cc1ccc(CC(C)(C)C)s1. The summed E-state index contributed by atoms with van der Waals surface area (Å²) >= 11 is 8.07.